The summed E-state index contributed by atoms with van der Waals surface area (Å²) in [6.45, 7) is 22.3. The van der Waals surface area contributed by atoms with Crippen molar-refractivity contribution in [2.45, 2.75) is 85.5 Å². The fourth-order valence-electron chi connectivity index (χ4n) is 3.73. The molecule has 1 saturated heterocycles. The van der Waals surface area contributed by atoms with Gasteiger partial charge in [-0.05, 0) is 46.0 Å². The second-order valence-corrected chi connectivity index (χ2v) is 8.51. The van der Waals surface area contributed by atoms with E-state index >= 15 is 0 Å². The molecule has 3 heteroatoms. The van der Waals surface area contributed by atoms with Gasteiger partial charge in [0.15, 0.2) is 0 Å². The minimum Gasteiger partial charge on any atom is -0.367 e. The Morgan fingerprint density at radius 2 is 1.52 bits per heavy atom. The summed E-state index contributed by atoms with van der Waals surface area (Å²) in [6, 6.07) is 0.556. The Kier molecular flexibility index (Phi) is 6.28. The van der Waals surface area contributed by atoms with Gasteiger partial charge in [0.2, 0.25) is 0 Å². The Morgan fingerprint density at radius 1 is 1.05 bits per heavy atom. The molecule has 1 fully saturated rings. The standard InChI is InChI=1S/C18H38N2O/c1-9-18(10-2,11-19-15(3)4)14-20-12-16(5,6)21-17(7,8)13-20/h15,19H,9-14H2,1-8H3. The summed E-state index contributed by atoms with van der Waals surface area (Å²) in [5.41, 5.74) is 0.259. The molecule has 0 radical (unpaired) electrons. The normalized spacial score (nSPS) is 22.7. The Hall–Kier alpha value is -0.120. The molecule has 0 aromatic rings. The lowest BCUT2D eigenvalue weighted by Crippen LogP contribution is -2.59. The van der Waals surface area contributed by atoms with Gasteiger partial charge in [-0.2, -0.15) is 0 Å². The molecule has 1 N–H and O–H groups in total. The van der Waals surface area contributed by atoms with Crippen LogP contribution < -0.4 is 5.32 Å². The van der Waals surface area contributed by atoms with Crippen molar-refractivity contribution in [3.8, 4) is 0 Å². The molecule has 0 atom stereocenters. The van der Waals surface area contributed by atoms with Gasteiger partial charge < -0.3 is 10.1 Å². The fraction of sp³-hybridized carbons (Fsp3) is 1.00. The van der Waals surface area contributed by atoms with Gasteiger partial charge in [0.1, 0.15) is 0 Å². The predicted molar refractivity (Wildman–Crippen MR) is 91.8 cm³/mol. The van der Waals surface area contributed by atoms with Gasteiger partial charge in [0.05, 0.1) is 11.2 Å². The molecule has 3 nitrogen and oxygen atoms in total. The maximum absolute atomic E-state index is 6.21. The van der Waals surface area contributed by atoms with E-state index in [0.29, 0.717) is 11.5 Å². The molecular formula is C18H38N2O. The van der Waals surface area contributed by atoms with Crippen LogP contribution in [0.4, 0.5) is 0 Å². The van der Waals surface area contributed by atoms with Gasteiger partial charge in [-0.15, -0.1) is 0 Å². The number of rotatable bonds is 7. The van der Waals surface area contributed by atoms with E-state index in [1.54, 1.807) is 0 Å². The van der Waals surface area contributed by atoms with Crippen LogP contribution in [0.1, 0.15) is 68.2 Å². The monoisotopic (exact) mass is 298 g/mol. The van der Waals surface area contributed by atoms with Gasteiger partial charge in [-0.3, -0.25) is 4.90 Å². The molecular weight excluding hydrogens is 260 g/mol. The number of nitrogens with one attached hydrogen (secondary N) is 1. The van der Waals surface area contributed by atoms with E-state index in [9.17, 15) is 0 Å². The highest BCUT2D eigenvalue weighted by Gasteiger charge is 2.40. The average molecular weight is 299 g/mol. The number of hydrogen-bond donors (Lipinski definition) is 1. The Balaban J connectivity index is 2.78. The van der Waals surface area contributed by atoms with Gasteiger partial charge in [0.25, 0.3) is 0 Å². The summed E-state index contributed by atoms with van der Waals surface area (Å²) < 4.78 is 6.21. The summed E-state index contributed by atoms with van der Waals surface area (Å²) >= 11 is 0. The van der Waals surface area contributed by atoms with Gasteiger partial charge in [-0.1, -0.05) is 27.7 Å². The van der Waals surface area contributed by atoms with Gasteiger partial charge >= 0.3 is 0 Å². The number of nitrogens with zero attached hydrogens (tertiary/aromatic N) is 1. The summed E-state index contributed by atoms with van der Waals surface area (Å²) in [5.74, 6) is 0. The lowest BCUT2D eigenvalue weighted by atomic mass is 9.80. The summed E-state index contributed by atoms with van der Waals surface area (Å²) in [6.07, 6.45) is 2.45. The number of ether oxygens (including phenoxy) is 1. The smallest absolute Gasteiger partial charge is 0.0760 e. The predicted octanol–water partition coefficient (Wildman–Crippen LogP) is 3.68. The lowest BCUT2D eigenvalue weighted by molar-refractivity contribution is -0.185. The minimum absolute atomic E-state index is 0.0551. The third-order valence-corrected chi connectivity index (χ3v) is 4.71. The van der Waals surface area contributed by atoms with E-state index < -0.39 is 0 Å². The van der Waals surface area contributed by atoms with Crippen molar-refractivity contribution in [2.75, 3.05) is 26.2 Å². The van der Waals surface area contributed by atoms with Crippen LogP contribution in [-0.4, -0.2) is 48.3 Å². The first-order chi connectivity index (χ1) is 9.53. The van der Waals surface area contributed by atoms with Crippen molar-refractivity contribution in [3.05, 3.63) is 0 Å². The first-order valence-electron chi connectivity index (χ1n) is 8.69. The van der Waals surface area contributed by atoms with Crippen molar-refractivity contribution in [1.29, 1.82) is 0 Å². The molecule has 0 aliphatic carbocycles. The molecule has 0 aromatic carbocycles. The van der Waals surface area contributed by atoms with E-state index in [1.807, 2.05) is 0 Å². The third kappa shape index (κ3) is 5.88. The summed E-state index contributed by atoms with van der Waals surface area (Å²) in [7, 11) is 0. The Labute approximate surface area is 132 Å². The van der Waals surface area contributed by atoms with Crippen LogP contribution in [0.25, 0.3) is 0 Å². The Morgan fingerprint density at radius 3 is 1.90 bits per heavy atom. The van der Waals surface area contributed by atoms with E-state index in [2.05, 4.69) is 65.6 Å². The first-order valence-corrected chi connectivity index (χ1v) is 8.69. The molecule has 1 aliphatic rings. The molecule has 0 bridgehead atoms. The molecule has 0 saturated carbocycles. The van der Waals surface area contributed by atoms with Crippen molar-refractivity contribution >= 4 is 0 Å². The van der Waals surface area contributed by atoms with Crippen LogP contribution in [0.5, 0.6) is 0 Å². The first kappa shape index (κ1) is 18.9. The molecule has 0 amide bonds. The van der Waals surface area contributed by atoms with Crippen LogP contribution in [-0.2, 0) is 4.74 Å². The van der Waals surface area contributed by atoms with E-state index in [-0.39, 0.29) is 11.2 Å². The SMILES string of the molecule is CCC(CC)(CNC(C)C)CN1CC(C)(C)OC(C)(C)C1. The second-order valence-electron chi connectivity index (χ2n) is 8.51. The fourth-order valence-corrected chi connectivity index (χ4v) is 3.73. The molecule has 0 aromatic heterocycles. The largest absolute Gasteiger partial charge is 0.367 e. The van der Waals surface area contributed by atoms with Crippen molar-refractivity contribution in [1.82, 2.24) is 10.2 Å². The third-order valence-electron chi connectivity index (χ3n) is 4.71. The molecule has 21 heavy (non-hydrogen) atoms. The van der Waals surface area contributed by atoms with Crippen LogP contribution in [0, 0.1) is 5.41 Å². The quantitative estimate of drug-likeness (QED) is 0.776. The summed E-state index contributed by atoms with van der Waals surface area (Å²) in [4.78, 5) is 2.62. The van der Waals surface area contributed by atoms with E-state index in [1.165, 1.54) is 12.8 Å². The van der Waals surface area contributed by atoms with Crippen LogP contribution in [0.2, 0.25) is 0 Å². The molecule has 1 rings (SSSR count). The maximum Gasteiger partial charge on any atom is 0.0760 e. The highest BCUT2D eigenvalue weighted by Crippen LogP contribution is 2.33. The van der Waals surface area contributed by atoms with Crippen LogP contribution in [0.15, 0.2) is 0 Å². The zero-order valence-electron chi connectivity index (χ0n) is 15.7. The van der Waals surface area contributed by atoms with E-state index in [4.69, 9.17) is 4.74 Å². The topological polar surface area (TPSA) is 24.5 Å². The molecule has 126 valence electrons. The van der Waals surface area contributed by atoms with Crippen molar-refractivity contribution in [3.63, 3.8) is 0 Å². The maximum atomic E-state index is 6.21. The Bertz CT molecular complexity index is 303. The molecule has 0 spiro atoms. The highest BCUT2D eigenvalue weighted by atomic mass is 16.5. The van der Waals surface area contributed by atoms with Crippen molar-refractivity contribution < 1.29 is 4.74 Å². The van der Waals surface area contributed by atoms with Gasteiger partial charge in [0, 0.05) is 32.2 Å². The van der Waals surface area contributed by atoms with Crippen LogP contribution in [0.3, 0.4) is 0 Å². The average Bonchev–Trinajstić information content (AvgIpc) is 2.30. The summed E-state index contributed by atoms with van der Waals surface area (Å²) in [5, 5.41) is 3.66. The molecule has 0 unspecified atom stereocenters. The van der Waals surface area contributed by atoms with Crippen molar-refractivity contribution in [2.24, 2.45) is 5.41 Å². The number of morpholine rings is 1. The second kappa shape index (κ2) is 6.97. The molecule has 1 heterocycles. The molecule has 1 aliphatic heterocycles. The van der Waals surface area contributed by atoms with Gasteiger partial charge in [-0.25, -0.2) is 0 Å². The lowest BCUT2D eigenvalue weighted by Gasteiger charge is -2.50. The van der Waals surface area contributed by atoms with E-state index in [0.717, 1.165) is 26.2 Å². The zero-order valence-corrected chi connectivity index (χ0v) is 15.7. The zero-order chi connectivity index (χ0) is 16.3. The minimum atomic E-state index is -0.0551. The highest BCUT2D eigenvalue weighted by molar-refractivity contribution is 4.93. The van der Waals surface area contributed by atoms with Crippen LogP contribution >= 0.6 is 0 Å². The number of hydrogen-bond acceptors (Lipinski definition) is 3.